The number of rotatable bonds is 6. The van der Waals surface area contributed by atoms with Crippen LogP contribution in [0.2, 0.25) is 0 Å². The number of benzene rings is 1. The van der Waals surface area contributed by atoms with Crippen LogP contribution in [0.3, 0.4) is 0 Å². The highest BCUT2D eigenvalue weighted by Gasteiger charge is 2.08. The number of aliphatic imine (C=N–C) groups is 1. The van der Waals surface area contributed by atoms with Crippen LogP contribution in [-0.2, 0) is 13.0 Å². The highest BCUT2D eigenvalue weighted by molar-refractivity contribution is 7.11. The summed E-state index contributed by atoms with van der Waals surface area (Å²) in [6.07, 6.45) is 0.827. The van der Waals surface area contributed by atoms with Crippen molar-refractivity contribution in [3.05, 3.63) is 57.3 Å². The molecule has 0 aliphatic heterocycles. The van der Waals surface area contributed by atoms with Crippen LogP contribution in [0.25, 0.3) is 0 Å². The van der Waals surface area contributed by atoms with E-state index in [0.29, 0.717) is 0 Å². The average Bonchev–Trinajstić information content (AvgIpc) is 3.02. The van der Waals surface area contributed by atoms with Crippen LogP contribution in [0.15, 0.2) is 41.4 Å². The van der Waals surface area contributed by atoms with E-state index in [0.717, 1.165) is 36.6 Å². The monoisotopic (exact) mass is 358 g/mol. The Hall–Kier alpha value is -2.34. The summed E-state index contributed by atoms with van der Waals surface area (Å²) < 4.78 is 0. The Morgan fingerprint density at radius 2 is 2.00 bits per heavy atom. The number of carbonyl (C=O) groups excluding carboxylic acids is 1. The first-order chi connectivity index (χ1) is 12.0. The highest BCUT2D eigenvalue weighted by Crippen LogP contribution is 2.14. The minimum Gasteiger partial charge on any atom is -0.356 e. The number of thiophene rings is 1. The van der Waals surface area contributed by atoms with Gasteiger partial charge in [-0.15, -0.1) is 11.3 Å². The predicted octanol–water partition coefficient (Wildman–Crippen LogP) is 2.67. The van der Waals surface area contributed by atoms with Crippen molar-refractivity contribution in [3.8, 4) is 0 Å². The van der Waals surface area contributed by atoms with Gasteiger partial charge in [0.05, 0.1) is 6.54 Å². The molecule has 134 valence electrons. The molecule has 0 aliphatic carbocycles. The number of amides is 1. The lowest BCUT2D eigenvalue weighted by molar-refractivity contribution is 0.0827. The molecule has 6 heteroatoms. The van der Waals surface area contributed by atoms with E-state index in [1.165, 1.54) is 9.75 Å². The lowest BCUT2D eigenvalue weighted by Gasteiger charge is -2.13. The molecular weight excluding hydrogens is 332 g/mol. The standard InChI is InChI=1S/C19H26N4OS/c1-14-8-9-17(25-14)13-22-19(20-2)21-11-10-15-6-5-7-16(12-15)18(24)23(3)4/h5-9,12H,10-11,13H2,1-4H3,(H2,20,21,22). The smallest absolute Gasteiger partial charge is 0.253 e. The fourth-order valence-corrected chi connectivity index (χ4v) is 3.24. The molecule has 0 saturated carbocycles. The van der Waals surface area contributed by atoms with Crippen LogP contribution in [0.4, 0.5) is 0 Å². The Balaban J connectivity index is 1.82. The second-order valence-electron chi connectivity index (χ2n) is 6.01. The Morgan fingerprint density at radius 3 is 2.64 bits per heavy atom. The van der Waals surface area contributed by atoms with E-state index in [9.17, 15) is 4.79 Å². The molecule has 1 aromatic carbocycles. The molecule has 0 fully saturated rings. The molecule has 0 saturated heterocycles. The summed E-state index contributed by atoms with van der Waals surface area (Å²) in [6, 6.07) is 12.0. The summed E-state index contributed by atoms with van der Waals surface area (Å²) in [6.45, 7) is 3.63. The summed E-state index contributed by atoms with van der Waals surface area (Å²) >= 11 is 1.79. The first kappa shape index (κ1) is 19.0. The minimum atomic E-state index is 0.0264. The van der Waals surface area contributed by atoms with Gasteiger partial charge in [0, 0.05) is 43.0 Å². The van der Waals surface area contributed by atoms with E-state index in [1.807, 2.05) is 24.3 Å². The van der Waals surface area contributed by atoms with Gasteiger partial charge in [0.2, 0.25) is 0 Å². The third-order valence-electron chi connectivity index (χ3n) is 3.74. The molecule has 1 amide bonds. The molecule has 0 unspecified atom stereocenters. The van der Waals surface area contributed by atoms with Gasteiger partial charge in [-0.05, 0) is 43.2 Å². The van der Waals surface area contributed by atoms with Gasteiger partial charge in [-0.25, -0.2) is 0 Å². The zero-order chi connectivity index (χ0) is 18.2. The van der Waals surface area contributed by atoms with E-state index in [1.54, 1.807) is 37.4 Å². The topological polar surface area (TPSA) is 56.7 Å². The van der Waals surface area contributed by atoms with Crippen molar-refractivity contribution in [2.45, 2.75) is 19.9 Å². The lowest BCUT2D eigenvalue weighted by Crippen LogP contribution is -2.37. The van der Waals surface area contributed by atoms with Crippen molar-refractivity contribution < 1.29 is 4.79 Å². The average molecular weight is 359 g/mol. The fourth-order valence-electron chi connectivity index (χ4n) is 2.41. The Kier molecular flexibility index (Phi) is 7.01. The molecule has 2 N–H and O–H groups in total. The van der Waals surface area contributed by atoms with Crippen LogP contribution in [-0.4, -0.2) is 44.5 Å². The Morgan fingerprint density at radius 1 is 1.20 bits per heavy atom. The van der Waals surface area contributed by atoms with E-state index in [2.05, 4.69) is 34.7 Å². The van der Waals surface area contributed by atoms with E-state index < -0.39 is 0 Å². The second kappa shape index (κ2) is 9.22. The third-order valence-corrected chi connectivity index (χ3v) is 4.74. The Labute approximate surface area is 153 Å². The van der Waals surface area contributed by atoms with E-state index >= 15 is 0 Å². The summed E-state index contributed by atoms with van der Waals surface area (Å²) in [5, 5.41) is 6.63. The van der Waals surface area contributed by atoms with E-state index in [4.69, 9.17) is 0 Å². The number of aryl methyl sites for hydroxylation is 1. The van der Waals surface area contributed by atoms with Crippen LogP contribution in [0.5, 0.6) is 0 Å². The van der Waals surface area contributed by atoms with Crippen LogP contribution >= 0.6 is 11.3 Å². The number of nitrogens with one attached hydrogen (secondary N) is 2. The molecule has 0 radical (unpaired) electrons. The van der Waals surface area contributed by atoms with Crippen molar-refractivity contribution in [3.63, 3.8) is 0 Å². The number of hydrogen-bond donors (Lipinski definition) is 2. The van der Waals surface area contributed by atoms with Crippen LogP contribution in [0, 0.1) is 6.92 Å². The van der Waals surface area contributed by atoms with Gasteiger partial charge in [-0.2, -0.15) is 0 Å². The lowest BCUT2D eigenvalue weighted by atomic mass is 10.1. The summed E-state index contributed by atoms with van der Waals surface area (Å²) in [4.78, 5) is 20.5. The molecule has 0 spiro atoms. The zero-order valence-corrected chi connectivity index (χ0v) is 16.1. The van der Waals surface area contributed by atoms with Crippen molar-refractivity contribution >= 4 is 23.2 Å². The van der Waals surface area contributed by atoms with E-state index in [-0.39, 0.29) is 5.91 Å². The number of hydrogen-bond acceptors (Lipinski definition) is 3. The molecule has 1 aromatic heterocycles. The highest BCUT2D eigenvalue weighted by atomic mass is 32.1. The first-order valence-electron chi connectivity index (χ1n) is 8.30. The molecule has 1 heterocycles. The predicted molar refractivity (Wildman–Crippen MR) is 105 cm³/mol. The van der Waals surface area contributed by atoms with Gasteiger partial charge >= 0.3 is 0 Å². The minimum absolute atomic E-state index is 0.0264. The third kappa shape index (κ3) is 5.90. The molecule has 0 bridgehead atoms. The second-order valence-corrected chi connectivity index (χ2v) is 7.39. The maximum Gasteiger partial charge on any atom is 0.253 e. The SMILES string of the molecule is CN=C(NCCc1cccc(C(=O)N(C)C)c1)NCc1ccc(C)s1. The summed E-state index contributed by atoms with van der Waals surface area (Å²) in [5.74, 6) is 0.810. The summed E-state index contributed by atoms with van der Waals surface area (Å²) in [7, 11) is 5.30. The molecule has 5 nitrogen and oxygen atoms in total. The molecule has 0 aliphatic rings. The van der Waals surface area contributed by atoms with Crippen molar-refractivity contribution in [2.24, 2.45) is 4.99 Å². The summed E-state index contributed by atoms with van der Waals surface area (Å²) in [5.41, 5.74) is 1.85. The van der Waals surface area contributed by atoms with Crippen LogP contribution in [0.1, 0.15) is 25.7 Å². The van der Waals surface area contributed by atoms with Gasteiger partial charge in [-0.1, -0.05) is 12.1 Å². The molecule has 2 aromatic rings. The Bertz CT molecular complexity index is 737. The van der Waals surface area contributed by atoms with Crippen molar-refractivity contribution in [2.75, 3.05) is 27.7 Å². The number of carbonyl (C=O) groups is 1. The number of nitrogens with zero attached hydrogens (tertiary/aromatic N) is 2. The molecule has 2 rings (SSSR count). The molecule has 0 atom stereocenters. The first-order valence-corrected chi connectivity index (χ1v) is 9.11. The largest absolute Gasteiger partial charge is 0.356 e. The molecular formula is C19H26N4OS. The molecule has 25 heavy (non-hydrogen) atoms. The quantitative estimate of drug-likeness (QED) is 0.617. The maximum absolute atomic E-state index is 12.0. The van der Waals surface area contributed by atoms with Gasteiger partial charge in [0.15, 0.2) is 5.96 Å². The fraction of sp³-hybridized carbons (Fsp3) is 0.368. The normalized spacial score (nSPS) is 11.3. The van der Waals surface area contributed by atoms with Gasteiger partial charge in [0.25, 0.3) is 5.91 Å². The van der Waals surface area contributed by atoms with Gasteiger partial charge in [-0.3, -0.25) is 9.79 Å². The zero-order valence-electron chi connectivity index (χ0n) is 15.3. The van der Waals surface area contributed by atoms with Crippen molar-refractivity contribution in [1.82, 2.24) is 15.5 Å². The van der Waals surface area contributed by atoms with Crippen molar-refractivity contribution in [1.29, 1.82) is 0 Å². The van der Waals surface area contributed by atoms with Crippen LogP contribution < -0.4 is 10.6 Å². The maximum atomic E-state index is 12.0. The van der Waals surface area contributed by atoms with Gasteiger partial charge in [0.1, 0.15) is 0 Å². The number of guanidine groups is 1. The van der Waals surface area contributed by atoms with Gasteiger partial charge < -0.3 is 15.5 Å².